The number of thioether (sulfide) groups is 1. The molecule has 0 spiro atoms. The second-order valence-electron chi connectivity index (χ2n) is 9.74. The molecule has 1 atom stereocenters. The van der Waals surface area contributed by atoms with Gasteiger partial charge in [-0.25, -0.2) is 14.7 Å². The molecule has 0 bridgehead atoms. The first-order valence-electron chi connectivity index (χ1n) is 13.1. The van der Waals surface area contributed by atoms with Crippen LogP contribution in [0.15, 0.2) is 90.0 Å². The first kappa shape index (κ1) is 28.5. The van der Waals surface area contributed by atoms with E-state index >= 15 is 0 Å². The predicted octanol–water partition coefficient (Wildman–Crippen LogP) is 5.70. The maximum absolute atomic E-state index is 13.2. The summed E-state index contributed by atoms with van der Waals surface area (Å²) in [5.41, 5.74) is 4.77. The first-order valence-corrected chi connectivity index (χ1v) is 14.0. The minimum absolute atomic E-state index is 0.0404. The molecule has 4 aromatic rings. The average Bonchev–Trinajstić information content (AvgIpc) is 3.28. The number of benzene rings is 3. The van der Waals surface area contributed by atoms with Crippen LogP contribution in [0.3, 0.4) is 0 Å². The van der Waals surface area contributed by atoms with Crippen LogP contribution in [0.5, 0.6) is 0 Å². The number of ether oxygens (including phenoxy) is 1. The van der Waals surface area contributed by atoms with Crippen LogP contribution in [0.1, 0.15) is 44.0 Å². The molecule has 1 unspecified atom stereocenters. The predicted molar refractivity (Wildman–Crippen MR) is 158 cm³/mol. The number of carbonyl (C=O) groups excluding carboxylic acids is 4. The molecule has 1 fully saturated rings. The number of ketones is 1. The van der Waals surface area contributed by atoms with E-state index in [1.807, 2.05) is 42.5 Å². The molecule has 1 aliphatic rings. The second kappa shape index (κ2) is 12.2. The molecular formula is C33H25N3O5S. The fraction of sp³-hybridized carbons (Fsp3) is 0.152. The van der Waals surface area contributed by atoms with Crippen molar-refractivity contribution in [2.24, 2.45) is 0 Å². The van der Waals surface area contributed by atoms with Gasteiger partial charge in [0.15, 0.2) is 12.4 Å². The summed E-state index contributed by atoms with van der Waals surface area (Å²) < 4.78 is 5.22. The number of Topliss-reactive ketones (excluding diaryl/α,β-unsaturated/α-hetero) is 1. The quantitative estimate of drug-likeness (QED) is 0.149. The number of carbonyl (C=O) groups is 4. The first-order chi connectivity index (χ1) is 20.2. The summed E-state index contributed by atoms with van der Waals surface area (Å²) in [6.45, 7) is 3.18. The summed E-state index contributed by atoms with van der Waals surface area (Å²) in [7, 11) is 0. The van der Waals surface area contributed by atoms with E-state index in [9.17, 15) is 24.4 Å². The number of rotatable bonds is 8. The zero-order valence-electron chi connectivity index (χ0n) is 22.9. The second-order valence-corrected chi connectivity index (χ2v) is 10.9. The van der Waals surface area contributed by atoms with Crippen LogP contribution in [0.25, 0.3) is 11.1 Å². The smallest absolute Gasteiger partial charge is 0.338 e. The van der Waals surface area contributed by atoms with Gasteiger partial charge in [-0.05, 0) is 60.9 Å². The minimum Gasteiger partial charge on any atom is -0.454 e. The topological polar surface area (TPSA) is 117 Å². The van der Waals surface area contributed by atoms with Crippen LogP contribution >= 0.6 is 11.8 Å². The SMILES string of the molecule is Cc1cc(C)c(C#N)c(SC2CC(=O)N(c3ccc(C(=O)OCC(=O)c4ccc(-c5ccccc5)cc4)cc3)C2=O)n1. The fourth-order valence-electron chi connectivity index (χ4n) is 4.65. The molecule has 2 heterocycles. The lowest BCUT2D eigenvalue weighted by molar-refractivity contribution is -0.121. The Hall–Kier alpha value is -5.07. The van der Waals surface area contributed by atoms with E-state index in [0.717, 1.165) is 33.4 Å². The maximum atomic E-state index is 13.2. The molecule has 0 saturated carbocycles. The molecule has 5 rings (SSSR count). The summed E-state index contributed by atoms with van der Waals surface area (Å²) in [6.07, 6.45) is -0.0404. The number of pyridine rings is 1. The van der Waals surface area contributed by atoms with Gasteiger partial charge >= 0.3 is 5.97 Å². The summed E-state index contributed by atoms with van der Waals surface area (Å²) in [5, 5.41) is 9.23. The van der Waals surface area contributed by atoms with Crippen LogP contribution < -0.4 is 4.90 Å². The minimum atomic E-state index is -0.726. The Bertz CT molecular complexity index is 1730. The fourth-order valence-corrected chi connectivity index (χ4v) is 5.87. The summed E-state index contributed by atoms with van der Waals surface area (Å²) in [5.74, 6) is -1.85. The zero-order chi connectivity index (χ0) is 29.8. The molecule has 2 amide bonds. The lowest BCUT2D eigenvalue weighted by Gasteiger charge is -2.15. The number of aromatic nitrogens is 1. The number of nitriles is 1. The van der Waals surface area contributed by atoms with Crippen molar-refractivity contribution < 1.29 is 23.9 Å². The Balaban J connectivity index is 1.20. The van der Waals surface area contributed by atoms with Crippen molar-refractivity contribution in [2.45, 2.75) is 30.5 Å². The van der Waals surface area contributed by atoms with E-state index < -0.39 is 23.7 Å². The van der Waals surface area contributed by atoms with Crippen molar-refractivity contribution >= 4 is 41.0 Å². The number of aryl methyl sites for hydroxylation is 2. The van der Waals surface area contributed by atoms with E-state index in [1.165, 1.54) is 24.3 Å². The van der Waals surface area contributed by atoms with Crippen molar-refractivity contribution in [3.63, 3.8) is 0 Å². The lowest BCUT2D eigenvalue weighted by Crippen LogP contribution is -2.31. The molecule has 3 aromatic carbocycles. The highest BCUT2D eigenvalue weighted by Gasteiger charge is 2.41. The van der Waals surface area contributed by atoms with Gasteiger partial charge < -0.3 is 4.74 Å². The molecule has 0 aliphatic carbocycles. The van der Waals surface area contributed by atoms with Crippen molar-refractivity contribution in [3.05, 3.63) is 113 Å². The van der Waals surface area contributed by atoms with Gasteiger partial charge in [0, 0.05) is 17.7 Å². The van der Waals surface area contributed by atoms with Crippen molar-refractivity contribution in [1.82, 2.24) is 4.98 Å². The van der Waals surface area contributed by atoms with Gasteiger partial charge in [0.1, 0.15) is 11.1 Å². The van der Waals surface area contributed by atoms with Crippen molar-refractivity contribution in [2.75, 3.05) is 11.5 Å². The summed E-state index contributed by atoms with van der Waals surface area (Å²) in [6, 6.07) is 26.6. The molecule has 8 nitrogen and oxygen atoms in total. The number of imide groups is 1. The van der Waals surface area contributed by atoms with Gasteiger partial charge in [-0.2, -0.15) is 5.26 Å². The van der Waals surface area contributed by atoms with Gasteiger partial charge in [-0.3, -0.25) is 14.4 Å². The van der Waals surface area contributed by atoms with Gasteiger partial charge in [0.05, 0.1) is 22.1 Å². The highest BCUT2D eigenvalue weighted by atomic mass is 32.2. The van der Waals surface area contributed by atoms with Crippen molar-refractivity contribution in [1.29, 1.82) is 5.26 Å². The Morgan fingerprint density at radius 3 is 2.26 bits per heavy atom. The number of hydrogen-bond donors (Lipinski definition) is 0. The molecule has 0 radical (unpaired) electrons. The van der Waals surface area contributed by atoms with Crippen molar-refractivity contribution in [3.8, 4) is 17.2 Å². The van der Waals surface area contributed by atoms with E-state index in [2.05, 4.69) is 11.1 Å². The lowest BCUT2D eigenvalue weighted by atomic mass is 10.0. The monoisotopic (exact) mass is 575 g/mol. The summed E-state index contributed by atoms with van der Waals surface area (Å²) >= 11 is 1.10. The Kier molecular flexibility index (Phi) is 8.27. The van der Waals surface area contributed by atoms with Gasteiger partial charge in [0.2, 0.25) is 11.8 Å². The van der Waals surface area contributed by atoms with E-state index in [1.54, 1.807) is 32.0 Å². The van der Waals surface area contributed by atoms with Crippen LogP contribution in [0.4, 0.5) is 5.69 Å². The molecule has 1 aliphatic heterocycles. The Morgan fingerprint density at radius 2 is 1.60 bits per heavy atom. The van der Waals surface area contributed by atoms with Gasteiger partial charge in [0.25, 0.3) is 0 Å². The number of hydrogen-bond acceptors (Lipinski definition) is 8. The molecular weight excluding hydrogens is 550 g/mol. The third-order valence-corrected chi connectivity index (χ3v) is 7.96. The molecule has 0 N–H and O–H groups in total. The number of esters is 1. The van der Waals surface area contributed by atoms with Crippen LogP contribution in [0.2, 0.25) is 0 Å². The largest absolute Gasteiger partial charge is 0.454 e. The van der Waals surface area contributed by atoms with Gasteiger partial charge in [-0.1, -0.05) is 66.4 Å². The van der Waals surface area contributed by atoms with Crippen LogP contribution in [0, 0.1) is 25.2 Å². The van der Waals surface area contributed by atoms with E-state index in [4.69, 9.17) is 4.74 Å². The molecule has 1 aromatic heterocycles. The third kappa shape index (κ3) is 5.99. The van der Waals surface area contributed by atoms with Crippen LogP contribution in [-0.4, -0.2) is 40.4 Å². The van der Waals surface area contributed by atoms with E-state index in [-0.39, 0.29) is 23.7 Å². The third-order valence-electron chi connectivity index (χ3n) is 6.79. The summed E-state index contributed by atoms with van der Waals surface area (Å²) in [4.78, 5) is 56.6. The van der Waals surface area contributed by atoms with Crippen LogP contribution in [-0.2, 0) is 14.3 Å². The number of amides is 2. The number of anilines is 1. The normalized spacial score (nSPS) is 14.5. The maximum Gasteiger partial charge on any atom is 0.338 e. The molecule has 42 heavy (non-hydrogen) atoms. The molecule has 9 heteroatoms. The number of nitrogens with zero attached hydrogens (tertiary/aromatic N) is 3. The highest BCUT2D eigenvalue weighted by molar-refractivity contribution is 8.00. The van der Waals surface area contributed by atoms with E-state index in [0.29, 0.717) is 27.5 Å². The molecule has 1 saturated heterocycles. The van der Waals surface area contributed by atoms with Gasteiger partial charge in [-0.15, -0.1) is 0 Å². The molecule has 208 valence electrons. The standard InChI is InChI=1S/C33H25N3O5S/c1-20-16-21(2)35-31(27(20)18-34)42-29-17-30(38)36(32(29)39)26-14-12-25(13-15-26)33(40)41-19-28(37)24-10-8-23(9-11-24)22-6-4-3-5-7-22/h3-16,29H,17,19H2,1-2H3. The zero-order valence-corrected chi connectivity index (χ0v) is 23.7. The highest BCUT2D eigenvalue weighted by Crippen LogP contribution is 2.35. The Labute approximate surface area is 247 Å². The Morgan fingerprint density at radius 1 is 0.952 bits per heavy atom. The average molecular weight is 576 g/mol.